The van der Waals surface area contributed by atoms with Crippen molar-refractivity contribution in [2.24, 2.45) is 0 Å². The lowest BCUT2D eigenvalue weighted by Crippen LogP contribution is -2.42. The summed E-state index contributed by atoms with van der Waals surface area (Å²) in [5.41, 5.74) is 4.50. The largest absolute Gasteiger partial charge is 0.339 e. The van der Waals surface area contributed by atoms with Gasteiger partial charge in [0.1, 0.15) is 16.9 Å². The van der Waals surface area contributed by atoms with Gasteiger partial charge in [-0.05, 0) is 43.7 Å². The van der Waals surface area contributed by atoms with Crippen LogP contribution in [0.25, 0.3) is 33.5 Å². The van der Waals surface area contributed by atoms with Crippen LogP contribution in [0.4, 0.5) is 0 Å². The standard InChI is InChI=1S/C27H23N7O/c1-27(2,17-28)33-26(35)23-10-6-9-22(31-23)20-11-19-12-24(32-25(19)29-13-20)21-14-30-34(16-21)15-18-7-4-3-5-8-18/h3-14,16H,15H2,1-2H3,(H,29,32)(H,33,35). The smallest absolute Gasteiger partial charge is 0.271 e. The van der Waals surface area contributed by atoms with Crippen molar-refractivity contribution in [1.82, 2.24) is 30.0 Å². The molecule has 0 saturated heterocycles. The van der Waals surface area contributed by atoms with Crippen molar-refractivity contribution >= 4 is 16.9 Å². The zero-order chi connectivity index (χ0) is 24.4. The molecular formula is C27H23N7O. The molecule has 1 amide bonds. The number of benzene rings is 1. The Bertz CT molecular complexity index is 1560. The van der Waals surface area contributed by atoms with Crippen LogP contribution in [-0.4, -0.2) is 36.2 Å². The Kier molecular flexibility index (Phi) is 5.59. The number of nitrogens with zero attached hydrogens (tertiary/aromatic N) is 5. The van der Waals surface area contributed by atoms with Gasteiger partial charge in [0, 0.05) is 28.9 Å². The fourth-order valence-electron chi connectivity index (χ4n) is 3.77. The number of carbonyl (C=O) groups is 1. The lowest BCUT2D eigenvalue weighted by atomic mass is 10.1. The Balaban J connectivity index is 1.39. The molecular weight excluding hydrogens is 438 g/mol. The highest BCUT2D eigenvalue weighted by molar-refractivity contribution is 5.94. The van der Waals surface area contributed by atoms with Gasteiger partial charge in [0.15, 0.2) is 0 Å². The summed E-state index contributed by atoms with van der Waals surface area (Å²) in [5, 5.41) is 17.3. The van der Waals surface area contributed by atoms with Crippen LogP contribution in [0.15, 0.2) is 79.3 Å². The van der Waals surface area contributed by atoms with Crippen LogP contribution < -0.4 is 5.32 Å². The van der Waals surface area contributed by atoms with E-state index in [4.69, 9.17) is 0 Å². The van der Waals surface area contributed by atoms with Crippen LogP contribution in [0.5, 0.6) is 0 Å². The minimum atomic E-state index is -0.980. The Morgan fingerprint density at radius 2 is 1.91 bits per heavy atom. The number of rotatable bonds is 6. The van der Waals surface area contributed by atoms with Crippen molar-refractivity contribution in [3.63, 3.8) is 0 Å². The van der Waals surface area contributed by atoms with Crippen molar-refractivity contribution in [3.05, 3.63) is 90.5 Å². The third-order valence-electron chi connectivity index (χ3n) is 5.58. The Morgan fingerprint density at radius 3 is 2.71 bits per heavy atom. The van der Waals surface area contributed by atoms with Crippen LogP contribution in [0, 0.1) is 11.3 Å². The molecule has 2 N–H and O–H groups in total. The number of H-pyrrole nitrogens is 1. The van der Waals surface area contributed by atoms with Gasteiger partial charge >= 0.3 is 0 Å². The van der Waals surface area contributed by atoms with Gasteiger partial charge in [0.05, 0.1) is 30.2 Å². The third-order valence-corrected chi connectivity index (χ3v) is 5.58. The van der Waals surface area contributed by atoms with Gasteiger partial charge in [-0.25, -0.2) is 9.97 Å². The highest BCUT2D eigenvalue weighted by Crippen LogP contribution is 2.26. The molecule has 0 spiro atoms. The minimum absolute atomic E-state index is 0.242. The molecule has 35 heavy (non-hydrogen) atoms. The second kappa shape index (κ2) is 8.88. The van der Waals surface area contributed by atoms with E-state index in [-0.39, 0.29) is 5.69 Å². The number of carbonyl (C=O) groups excluding carboxylic acids is 1. The Morgan fingerprint density at radius 1 is 1.09 bits per heavy atom. The molecule has 0 fully saturated rings. The molecule has 1 aromatic carbocycles. The summed E-state index contributed by atoms with van der Waals surface area (Å²) in [6, 6.07) is 21.5. The topological polar surface area (TPSA) is 112 Å². The van der Waals surface area contributed by atoms with Crippen molar-refractivity contribution in [3.8, 4) is 28.6 Å². The van der Waals surface area contributed by atoms with Gasteiger partial charge in [0.2, 0.25) is 0 Å². The van der Waals surface area contributed by atoms with E-state index in [0.29, 0.717) is 12.2 Å². The molecule has 0 unspecified atom stereocenters. The van der Waals surface area contributed by atoms with Gasteiger partial charge in [-0.3, -0.25) is 9.48 Å². The summed E-state index contributed by atoms with van der Waals surface area (Å²) < 4.78 is 1.91. The van der Waals surface area contributed by atoms with E-state index in [9.17, 15) is 10.1 Å². The van der Waals surface area contributed by atoms with E-state index in [1.54, 1.807) is 32.2 Å². The summed E-state index contributed by atoms with van der Waals surface area (Å²) in [5.74, 6) is -0.399. The van der Waals surface area contributed by atoms with E-state index in [1.165, 1.54) is 5.56 Å². The van der Waals surface area contributed by atoms with Gasteiger partial charge in [-0.15, -0.1) is 0 Å². The second-order valence-corrected chi connectivity index (χ2v) is 8.86. The lowest BCUT2D eigenvalue weighted by molar-refractivity contribution is 0.0924. The quantitative estimate of drug-likeness (QED) is 0.385. The predicted octanol–water partition coefficient (Wildman–Crippen LogP) is 4.57. The van der Waals surface area contributed by atoms with E-state index >= 15 is 0 Å². The Hall–Kier alpha value is -4.77. The molecule has 0 bridgehead atoms. The second-order valence-electron chi connectivity index (χ2n) is 8.86. The zero-order valence-corrected chi connectivity index (χ0v) is 19.4. The van der Waals surface area contributed by atoms with Crippen molar-refractivity contribution in [1.29, 1.82) is 5.26 Å². The number of pyridine rings is 2. The van der Waals surface area contributed by atoms with Crippen LogP contribution in [-0.2, 0) is 6.54 Å². The number of amides is 1. The first kappa shape index (κ1) is 22.0. The molecule has 8 heteroatoms. The predicted molar refractivity (Wildman–Crippen MR) is 133 cm³/mol. The molecule has 0 aliphatic rings. The molecule has 4 aromatic heterocycles. The van der Waals surface area contributed by atoms with Crippen molar-refractivity contribution in [2.45, 2.75) is 25.9 Å². The minimum Gasteiger partial charge on any atom is -0.339 e. The molecule has 0 atom stereocenters. The molecule has 0 aliphatic carbocycles. The number of hydrogen-bond acceptors (Lipinski definition) is 5. The average molecular weight is 462 g/mol. The molecule has 8 nitrogen and oxygen atoms in total. The highest BCUT2D eigenvalue weighted by Gasteiger charge is 2.21. The molecule has 0 aliphatic heterocycles. The fourth-order valence-corrected chi connectivity index (χ4v) is 3.77. The van der Waals surface area contributed by atoms with Gasteiger partial charge in [0.25, 0.3) is 5.91 Å². The monoisotopic (exact) mass is 461 g/mol. The fraction of sp³-hybridized carbons (Fsp3) is 0.148. The number of aromatic amines is 1. The molecule has 0 radical (unpaired) electrons. The van der Waals surface area contributed by atoms with Gasteiger partial charge in [-0.2, -0.15) is 10.4 Å². The van der Waals surface area contributed by atoms with Crippen LogP contribution >= 0.6 is 0 Å². The first-order valence-corrected chi connectivity index (χ1v) is 11.2. The molecule has 5 rings (SSSR count). The SMILES string of the molecule is CC(C)(C#N)NC(=O)c1cccc(-c2cnc3[nH]c(-c4cnn(Cc5ccccc5)c4)cc3c2)n1. The molecule has 5 aromatic rings. The lowest BCUT2D eigenvalue weighted by Gasteiger charge is -2.17. The number of hydrogen-bond donors (Lipinski definition) is 2. The first-order valence-electron chi connectivity index (χ1n) is 11.2. The summed E-state index contributed by atoms with van der Waals surface area (Å²) in [4.78, 5) is 24.9. The van der Waals surface area contributed by atoms with E-state index < -0.39 is 11.4 Å². The third kappa shape index (κ3) is 4.80. The average Bonchev–Trinajstić information content (AvgIpc) is 3.51. The summed E-state index contributed by atoms with van der Waals surface area (Å²) in [6.07, 6.45) is 5.57. The summed E-state index contributed by atoms with van der Waals surface area (Å²) >= 11 is 0. The molecule has 172 valence electrons. The maximum atomic E-state index is 12.5. The normalized spacial score (nSPS) is 11.3. The number of nitrogens with one attached hydrogen (secondary N) is 2. The van der Waals surface area contributed by atoms with Crippen molar-refractivity contribution < 1.29 is 4.79 Å². The van der Waals surface area contributed by atoms with Crippen LogP contribution in [0.2, 0.25) is 0 Å². The first-order chi connectivity index (χ1) is 16.9. The van der Waals surface area contributed by atoms with Gasteiger partial charge < -0.3 is 10.3 Å². The number of aromatic nitrogens is 5. The van der Waals surface area contributed by atoms with Crippen LogP contribution in [0.1, 0.15) is 29.9 Å². The maximum absolute atomic E-state index is 12.5. The number of fused-ring (bicyclic) bond motifs is 1. The van der Waals surface area contributed by atoms with Crippen LogP contribution in [0.3, 0.4) is 0 Å². The molecule has 4 heterocycles. The summed E-state index contributed by atoms with van der Waals surface area (Å²) in [6.45, 7) is 3.98. The zero-order valence-electron chi connectivity index (χ0n) is 19.4. The molecule has 0 saturated carbocycles. The maximum Gasteiger partial charge on any atom is 0.271 e. The highest BCUT2D eigenvalue weighted by atomic mass is 16.2. The number of nitriles is 1. The van der Waals surface area contributed by atoms with Crippen molar-refractivity contribution in [2.75, 3.05) is 0 Å². The van der Waals surface area contributed by atoms with E-state index in [1.807, 2.05) is 53.5 Å². The van der Waals surface area contributed by atoms with Gasteiger partial charge in [-0.1, -0.05) is 36.4 Å². The summed E-state index contributed by atoms with van der Waals surface area (Å²) in [7, 11) is 0. The Labute approximate surface area is 202 Å². The van der Waals surface area contributed by atoms with E-state index in [0.717, 1.165) is 27.9 Å². The van der Waals surface area contributed by atoms with E-state index in [2.05, 4.69) is 43.6 Å².